The van der Waals surface area contributed by atoms with Gasteiger partial charge in [-0.25, -0.2) is 9.07 Å². The number of amides is 1. The Morgan fingerprint density at radius 2 is 2.00 bits per heavy atom. The molecule has 0 aliphatic heterocycles. The average Bonchev–Trinajstić information content (AvgIpc) is 3.02. The summed E-state index contributed by atoms with van der Waals surface area (Å²) < 4.78 is 15.0. The van der Waals surface area contributed by atoms with E-state index in [1.54, 1.807) is 18.2 Å². The number of hydrogen-bond donors (Lipinski definition) is 2. The number of benzene rings is 1. The summed E-state index contributed by atoms with van der Waals surface area (Å²) in [6.07, 6.45) is 2.63. The lowest BCUT2D eigenvalue weighted by Gasteiger charge is -2.25. The second-order valence-electron chi connectivity index (χ2n) is 5.21. The van der Waals surface area contributed by atoms with Crippen LogP contribution >= 0.6 is 0 Å². The van der Waals surface area contributed by atoms with Crippen LogP contribution in [0.5, 0.6) is 0 Å². The maximum atomic E-state index is 13.7. The molecule has 1 heterocycles. The summed E-state index contributed by atoms with van der Waals surface area (Å²) in [5, 5.41) is 16.9. The van der Waals surface area contributed by atoms with Gasteiger partial charge in [-0.1, -0.05) is 26.0 Å². The van der Waals surface area contributed by atoms with E-state index in [0.717, 1.165) is 0 Å². The van der Waals surface area contributed by atoms with Crippen molar-refractivity contribution in [1.82, 2.24) is 15.1 Å². The van der Waals surface area contributed by atoms with E-state index in [-0.39, 0.29) is 17.9 Å². The second kappa shape index (κ2) is 6.70. The predicted octanol–water partition coefficient (Wildman–Crippen LogP) is 2.29. The summed E-state index contributed by atoms with van der Waals surface area (Å²) in [5.74, 6) is -0.806. The highest BCUT2D eigenvalue weighted by molar-refractivity contribution is 5.92. The van der Waals surface area contributed by atoms with E-state index in [2.05, 4.69) is 10.4 Å². The van der Waals surface area contributed by atoms with Crippen molar-refractivity contribution in [2.24, 2.45) is 0 Å². The van der Waals surface area contributed by atoms with Gasteiger partial charge < -0.3 is 10.4 Å². The van der Waals surface area contributed by atoms with Gasteiger partial charge in [-0.3, -0.25) is 4.79 Å². The third-order valence-electron chi connectivity index (χ3n) is 3.82. The molecule has 6 heteroatoms. The monoisotopic (exact) mass is 305 g/mol. The maximum Gasteiger partial charge on any atom is 0.271 e. The molecule has 0 aliphatic carbocycles. The largest absolute Gasteiger partial charge is 0.388 e. The highest BCUT2D eigenvalue weighted by atomic mass is 19.1. The zero-order valence-corrected chi connectivity index (χ0v) is 12.7. The summed E-state index contributed by atoms with van der Waals surface area (Å²) in [6, 6.07) is 7.71. The van der Waals surface area contributed by atoms with Crippen LogP contribution in [0.15, 0.2) is 36.5 Å². The smallest absolute Gasteiger partial charge is 0.271 e. The van der Waals surface area contributed by atoms with Crippen molar-refractivity contribution in [2.75, 3.05) is 6.54 Å². The molecule has 1 amide bonds. The van der Waals surface area contributed by atoms with Crippen molar-refractivity contribution in [3.8, 4) is 5.69 Å². The lowest BCUT2D eigenvalue weighted by molar-refractivity contribution is 0.0313. The molecule has 5 nitrogen and oxygen atoms in total. The number of aliphatic hydroxyl groups is 1. The van der Waals surface area contributed by atoms with Gasteiger partial charge in [0.15, 0.2) is 5.69 Å². The number of para-hydroxylation sites is 1. The van der Waals surface area contributed by atoms with E-state index in [9.17, 15) is 14.3 Å². The fourth-order valence-electron chi connectivity index (χ4n) is 2.05. The molecule has 0 saturated heterocycles. The maximum absolute atomic E-state index is 13.7. The Balaban J connectivity index is 2.08. The van der Waals surface area contributed by atoms with Crippen LogP contribution in [0.4, 0.5) is 4.39 Å². The van der Waals surface area contributed by atoms with Gasteiger partial charge in [0.2, 0.25) is 0 Å². The number of nitrogens with one attached hydrogen (secondary N) is 1. The molecule has 1 aromatic carbocycles. The number of aromatic nitrogens is 2. The van der Waals surface area contributed by atoms with Crippen molar-refractivity contribution in [3.63, 3.8) is 0 Å². The molecule has 0 unspecified atom stereocenters. The van der Waals surface area contributed by atoms with Gasteiger partial charge in [0, 0.05) is 12.7 Å². The highest BCUT2D eigenvalue weighted by Crippen LogP contribution is 2.14. The third-order valence-corrected chi connectivity index (χ3v) is 3.82. The van der Waals surface area contributed by atoms with E-state index in [1.165, 1.54) is 23.0 Å². The van der Waals surface area contributed by atoms with Gasteiger partial charge in [-0.15, -0.1) is 0 Å². The van der Waals surface area contributed by atoms with Gasteiger partial charge in [0.1, 0.15) is 11.5 Å². The number of nitrogens with zero attached hydrogens (tertiary/aromatic N) is 2. The summed E-state index contributed by atoms with van der Waals surface area (Å²) in [6.45, 7) is 3.89. The summed E-state index contributed by atoms with van der Waals surface area (Å²) in [7, 11) is 0. The quantitative estimate of drug-likeness (QED) is 0.860. The summed E-state index contributed by atoms with van der Waals surface area (Å²) in [5.41, 5.74) is -0.456. The molecule has 0 bridgehead atoms. The van der Waals surface area contributed by atoms with Crippen molar-refractivity contribution in [3.05, 3.63) is 48.0 Å². The topological polar surface area (TPSA) is 67.2 Å². The van der Waals surface area contributed by atoms with Crippen LogP contribution in [0, 0.1) is 5.82 Å². The number of carbonyl (C=O) groups excluding carboxylic acids is 1. The van der Waals surface area contributed by atoms with Gasteiger partial charge in [-0.2, -0.15) is 5.10 Å². The highest BCUT2D eigenvalue weighted by Gasteiger charge is 2.23. The first-order chi connectivity index (χ1) is 10.5. The average molecular weight is 305 g/mol. The summed E-state index contributed by atoms with van der Waals surface area (Å²) in [4.78, 5) is 12.1. The normalized spacial score (nSPS) is 11.5. The zero-order valence-electron chi connectivity index (χ0n) is 12.7. The molecular formula is C16H20FN3O2. The van der Waals surface area contributed by atoms with Crippen molar-refractivity contribution in [1.29, 1.82) is 0 Å². The Hall–Kier alpha value is -2.21. The molecule has 2 N–H and O–H groups in total. The first-order valence-corrected chi connectivity index (χ1v) is 7.30. The molecular weight excluding hydrogens is 285 g/mol. The lowest BCUT2D eigenvalue weighted by Crippen LogP contribution is -2.42. The Morgan fingerprint density at radius 3 is 2.64 bits per heavy atom. The Labute approximate surface area is 128 Å². The molecule has 0 radical (unpaired) electrons. The molecule has 118 valence electrons. The predicted molar refractivity (Wildman–Crippen MR) is 81.4 cm³/mol. The Morgan fingerprint density at radius 1 is 1.32 bits per heavy atom. The summed E-state index contributed by atoms with van der Waals surface area (Å²) >= 11 is 0. The minimum absolute atomic E-state index is 0.158. The van der Waals surface area contributed by atoms with Crippen molar-refractivity contribution >= 4 is 5.91 Å². The van der Waals surface area contributed by atoms with Gasteiger partial charge in [0.25, 0.3) is 5.91 Å². The van der Waals surface area contributed by atoms with E-state index in [0.29, 0.717) is 12.8 Å². The molecule has 22 heavy (non-hydrogen) atoms. The van der Waals surface area contributed by atoms with Crippen LogP contribution in [0.25, 0.3) is 5.69 Å². The van der Waals surface area contributed by atoms with Crippen LogP contribution in [0.3, 0.4) is 0 Å². The van der Waals surface area contributed by atoms with Crippen LogP contribution in [-0.4, -0.2) is 32.9 Å². The Bertz CT molecular complexity index is 650. The first-order valence-electron chi connectivity index (χ1n) is 7.30. The van der Waals surface area contributed by atoms with E-state index in [1.807, 2.05) is 13.8 Å². The van der Waals surface area contributed by atoms with Crippen LogP contribution in [-0.2, 0) is 0 Å². The SMILES string of the molecule is CCC(O)(CC)CNC(=O)c1ccn(-c2ccccc2F)n1. The second-order valence-corrected chi connectivity index (χ2v) is 5.21. The third kappa shape index (κ3) is 3.51. The zero-order chi connectivity index (χ0) is 16.2. The first kappa shape index (κ1) is 16.2. The number of carbonyl (C=O) groups is 1. The van der Waals surface area contributed by atoms with E-state index in [4.69, 9.17) is 0 Å². The number of halogens is 1. The fraction of sp³-hybridized carbons (Fsp3) is 0.375. The van der Waals surface area contributed by atoms with Crippen LogP contribution in [0.2, 0.25) is 0 Å². The molecule has 0 spiro atoms. The number of hydrogen-bond acceptors (Lipinski definition) is 3. The van der Waals surface area contributed by atoms with Crippen molar-refractivity contribution in [2.45, 2.75) is 32.3 Å². The minimum Gasteiger partial charge on any atom is -0.388 e. The molecule has 2 rings (SSSR count). The molecule has 0 fully saturated rings. The molecule has 0 atom stereocenters. The standard InChI is InChI=1S/C16H20FN3O2/c1-3-16(22,4-2)11-18-15(21)13-9-10-20(19-13)14-8-6-5-7-12(14)17/h5-10,22H,3-4,11H2,1-2H3,(H,18,21). The van der Waals surface area contributed by atoms with Crippen LogP contribution < -0.4 is 5.32 Å². The molecule has 2 aromatic rings. The molecule has 0 saturated carbocycles. The van der Waals surface area contributed by atoms with Gasteiger partial charge in [0.05, 0.1) is 5.60 Å². The molecule has 1 aromatic heterocycles. The lowest BCUT2D eigenvalue weighted by atomic mass is 9.97. The number of rotatable bonds is 6. The molecule has 0 aliphatic rings. The Kier molecular flexibility index (Phi) is 4.92. The van der Waals surface area contributed by atoms with Gasteiger partial charge in [-0.05, 0) is 31.0 Å². The van der Waals surface area contributed by atoms with Crippen molar-refractivity contribution < 1.29 is 14.3 Å². The van der Waals surface area contributed by atoms with Crippen LogP contribution in [0.1, 0.15) is 37.2 Å². The van der Waals surface area contributed by atoms with Gasteiger partial charge >= 0.3 is 0 Å². The van der Waals surface area contributed by atoms with E-state index < -0.39 is 17.3 Å². The van der Waals surface area contributed by atoms with E-state index >= 15 is 0 Å². The minimum atomic E-state index is -0.913. The fourth-order valence-corrected chi connectivity index (χ4v) is 2.05.